The minimum Gasteiger partial charge on any atom is -0.444 e. The minimum absolute atomic E-state index is 0.298. The number of benzene rings is 1. The second kappa shape index (κ2) is 7.85. The fourth-order valence-corrected chi connectivity index (χ4v) is 1.55. The zero-order chi connectivity index (χ0) is 17.5. The average molecular weight is 327 g/mol. The van der Waals surface area contributed by atoms with Gasteiger partial charge in [0.2, 0.25) is 0 Å². The number of hydrogen-bond donors (Lipinski definition) is 1. The molecule has 0 fully saturated rings. The van der Waals surface area contributed by atoms with Gasteiger partial charge in [-0.05, 0) is 38.5 Å². The van der Waals surface area contributed by atoms with Crippen molar-refractivity contribution in [3.05, 3.63) is 53.6 Å². The maximum Gasteiger partial charge on any atom is 0.416 e. The van der Waals surface area contributed by atoms with Gasteiger partial charge in [-0.25, -0.2) is 4.79 Å². The van der Waals surface area contributed by atoms with E-state index in [-0.39, 0.29) is 0 Å². The first-order chi connectivity index (χ1) is 10.6. The van der Waals surface area contributed by atoms with E-state index in [0.29, 0.717) is 12.1 Å². The van der Waals surface area contributed by atoms with E-state index in [1.165, 1.54) is 12.1 Å². The number of carbonyl (C=O) groups excluding carboxylic acids is 1. The van der Waals surface area contributed by atoms with Crippen LogP contribution in [0.3, 0.4) is 0 Å². The Bertz CT molecular complexity index is 567. The lowest BCUT2D eigenvalue weighted by Gasteiger charge is -2.19. The number of rotatable bonds is 4. The van der Waals surface area contributed by atoms with Crippen LogP contribution in [0.15, 0.2) is 42.5 Å². The molecule has 0 aliphatic rings. The van der Waals surface area contributed by atoms with Gasteiger partial charge in [0.15, 0.2) is 0 Å². The van der Waals surface area contributed by atoms with Crippen LogP contribution in [-0.4, -0.2) is 18.2 Å². The van der Waals surface area contributed by atoms with Gasteiger partial charge in [-0.2, -0.15) is 13.2 Å². The zero-order valence-corrected chi connectivity index (χ0v) is 13.3. The van der Waals surface area contributed by atoms with E-state index in [1.807, 2.05) is 0 Å². The smallest absolute Gasteiger partial charge is 0.416 e. The molecule has 0 spiro atoms. The van der Waals surface area contributed by atoms with E-state index in [2.05, 4.69) is 5.32 Å². The molecule has 0 bridgehead atoms. The number of carbonyl (C=O) groups is 1. The molecule has 126 valence electrons. The second-order valence-electron chi connectivity index (χ2n) is 5.79. The summed E-state index contributed by atoms with van der Waals surface area (Å²) in [5, 5.41) is 2.56. The van der Waals surface area contributed by atoms with E-state index < -0.39 is 23.4 Å². The summed E-state index contributed by atoms with van der Waals surface area (Å²) in [6, 6.07) is 4.86. The second-order valence-corrected chi connectivity index (χ2v) is 5.79. The summed E-state index contributed by atoms with van der Waals surface area (Å²) >= 11 is 0. The standard InChI is InChI=1S/C17H20F3NO2/c1-16(2,3)23-15(22)21-12-6-4-5-7-13-8-10-14(11-9-13)17(18,19)20/h4-11H,12H2,1-3H3,(H,21,22)/b6-4+,7-5?. The van der Waals surface area contributed by atoms with Crippen LogP contribution in [0.25, 0.3) is 6.08 Å². The number of hydrogen-bond acceptors (Lipinski definition) is 2. The van der Waals surface area contributed by atoms with Gasteiger partial charge in [-0.3, -0.25) is 0 Å². The largest absolute Gasteiger partial charge is 0.444 e. The third-order valence-electron chi connectivity index (χ3n) is 2.54. The molecule has 0 atom stereocenters. The molecular weight excluding hydrogens is 307 g/mol. The highest BCUT2D eigenvalue weighted by molar-refractivity contribution is 5.67. The summed E-state index contributed by atoms with van der Waals surface area (Å²) in [5.41, 5.74) is -0.564. The van der Waals surface area contributed by atoms with Gasteiger partial charge in [0.25, 0.3) is 0 Å². The summed E-state index contributed by atoms with van der Waals surface area (Å²) in [7, 11) is 0. The number of alkyl halides is 3. The minimum atomic E-state index is -4.32. The van der Waals surface area contributed by atoms with Crippen LogP contribution in [0, 0.1) is 0 Å². The molecule has 1 aromatic rings. The molecule has 1 amide bonds. The zero-order valence-electron chi connectivity index (χ0n) is 13.3. The Kier molecular flexibility index (Phi) is 6.42. The summed E-state index contributed by atoms with van der Waals surface area (Å²) in [4.78, 5) is 11.3. The van der Waals surface area contributed by atoms with Gasteiger partial charge in [-0.15, -0.1) is 0 Å². The molecule has 0 unspecified atom stereocenters. The molecule has 0 aliphatic carbocycles. The fraction of sp³-hybridized carbons (Fsp3) is 0.353. The van der Waals surface area contributed by atoms with Crippen molar-refractivity contribution in [2.24, 2.45) is 0 Å². The Morgan fingerprint density at radius 1 is 1.13 bits per heavy atom. The number of alkyl carbamates (subject to hydrolysis) is 1. The number of amides is 1. The average Bonchev–Trinajstić information content (AvgIpc) is 2.40. The maximum absolute atomic E-state index is 12.4. The molecule has 6 heteroatoms. The van der Waals surface area contributed by atoms with Crippen LogP contribution in [-0.2, 0) is 10.9 Å². The van der Waals surface area contributed by atoms with Crippen molar-refractivity contribution in [3.8, 4) is 0 Å². The lowest BCUT2D eigenvalue weighted by Crippen LogP contribution is -2.32. The van der Waals surface area contributed by atoms with Crippen molar-refractivity contribution in [1.29, 1.82) is 0 Å². The van der Waals surface area contributed by atoms with Crippen molar-refractivity contribution in [2.75, 3.05) is 6.54 Å². The van der Waals surface area contributed by atoms with Gasteiger partial charge < -0.3 is 10.1 Å². The van der Waals surface area contributed by atoms with Crippen molar-refractivity contribution in [1.82, 2.24) is 5.32 Å². The molecule has 0 saturated heterocycles. The van der Waals surface area contributed by atoms with E-state index >= 15 is 0 Å². The number of halogens is 3. The van der Waals surface area contributed by atoms with Gasteiger partial charge in [0.1, 0.15) is 5.60 Å². The Hall–Kier alpha value is -2.24. The molecule has 0 aliphatic heterocycles. The van der Waals surface area contributed by atoms with Crippen LogP contribution >= 0.6 is 0 Å². The van der Waals surface area contributed by atoms with Crippen molar-refractivity contribution in [3.63, 3.8) is 0 Å². The Labute approximate surface area is 133 Å². The van der Waals surface area contributed by atoms with E-state index in [0.717, 1.165) is 12.1 Å². The van der Waals surface area contributed by atoms with Crippen LogP contribution in [0.2, 0.25) is 0 Å². The van der Waals surface area contributed by atoms with Crippen LogP contribution in [0.4, 0.5) is 18.0 Å². The SMILES string of the molecule is CC(C)(C)OC(=O)NC/C=C/C=Cc1ccc(C(F)(F)F)cc1. The lowest BCUT2D eigenvalue weighted by atomic mass is 10.1. The molecule has 0 saturated carbocycles. The molecule has 0 aromatic heterocycles. The Morgan fingerprint density at radius 2 is 1.74 bits per heavy atom. The maximum atomic E-state index is 12.4. The topological polar surface area (TPSA) is 38.3 Å². The summed E-state index contributed by atoms with van der Waals surface area (Å²) in [6.07, 6.45) is 1.91. The molecule has 1 aromatic carbocycles. The molecule has 23 heavy (non-hydrogen) atoms. The van der Waals surface area contributed by atoms with Crippen LogP contribution in [0.1, 0.15) is 31.9 Å². The van der Waals surface area contributed by atoms with E-state index in [9.17, 15) is 18.0 Å². The third-order valence-corrected chi connectivity index (χ3v) is 2.54. The number of allylic oxidation sites excluding steroid dienone is 2. The predicted molar refractivity (Wildman–Crippen MR) is 83.9 cm³/mol. The van der Waals surface area contributed by atoms with E-state index in [4.69, 9.17) is 4.74 Å². The Morgan fingerprint density at radius 3 is 2.26 bits per heavy atom. The highest BCUT2D eigenvalue weighted by atomic mass is 19.4. The van der Waals surface area contributed by atoms with Crippen molar-refractivity contribution in [2.45, 2.75) is 32.5 Å². The van der Waals surface area contributed by atoms with Crippen molar-refractivity contribution >= 4 is 12.2 Å². The summed E-state index contributed by atoms with van der Waals surface area (Å²) in [6.45, 7) is 5.62. The normalized spacial score (nSPS) is 12.8. The van der Waals surface area contributed by atoms with E-state index in [1.54, 1.807) is 45.1 Å². The first kappa shape index (κ1) is 18.8. The van der Waals surface area contributed by atoms with Gasteiger partial charge in [-0.1, -0.05) is 36.4 Å². The first-order valence-electron chi connectivity index (χ1n) is 7.05. The van der Waals surface area contributed by atoms with Gasteiger partial charge in [0, 0.05) is 6.54 Å². The molecule has 3 nitrogen and oxygen atoms in total. The monoisotopic (exact) mass is 327 g/mol. The molecule has 1 N–H and O–H groups in total. The van der Waals surface area contributed by atoms with Gasteiger partial charge in [0.05, 0.1) is 5.56 Å². The highest BCUT2D eigenvalue weighted by Gasteiger charge is 2.29. The highest BCUT2D eigenvalue weighted by Crippen LogP contribution is 2.29. The molecule has 1 rings (SSSR count). The summed E-state index contributed by atoms with van der Waals surface area (Å²) < 4.78 is 42.3. The van der Waals surface area contributed by atoms with Gasteiger partial charge >= 0.3 is 12.3 Å². The quantitative estimate of drug-likeness (QED) is 0.807. The molecule has 0 radical (unpaired) electrons. The van der Waals surface area contributed by atoms with Crippen LogP contribution < -0.4 is 5.32 Å². The van der Waals surface area contributed by atoms with Crippen LogP contribution in [0.5, 0.6) is 0 Å². The van der Waals surface area contributed by atoms with Crippen molar-refractivity contribution < 1.29 is 22.7 Å². The Balaban J connectivity index is 2.40. The molecular formula is C17H20F3NO2. The predicted octanol–water partition coefficient (Wildman–Crippen LogP) is 4.80. The number of nitrogens with one attached hydrogen (secondary N) is 1. The fourth-order valence-electron chi connectivity index (χ4n) is 1.55. The first-order valence-corrected chi connectivity index (χ1v) is 7.05. The number of ether oxygens (including phenoxy) is 1. The third kappa shape index (κ3) is 8.09. The summed E-state index contributed by atoms with van der Waals surface area (Å²) in [5.74, 6) is 0. The lowest BCUT2D eigenvalue weighted by molar-refractivity contribution is -0.137. The molecule has 0 heterocycles.